The SMILES string of the molecule is COC(=O)c1c(NC(C)C)nn(-c2ccccn2)c1N. The molecule has 0 amide bonds. The number of esters is 1. The van der Waals surface area contributed by atoms with E-state index in [-0.39, 0.29) is 17.4 Å². The normalized spacial score (nSPS) is 10.6. The van der Waals surface area contributed by atoms with Crippen molar-refractivity contribution in [3.63, 3.8) is 0 Å². The summed E-state index contributed by atoms with van der Waals surface area (Å²) in [7, 11) is 1.30. The molecule has 0 aliphatic carbocycles. The van der Waals surface area contributed by atoms with Crippen LogP contribution in [0.5, 0.6) is 0 Å². The largest absolute Gasteiger partial charge is 0.465 e. The average Bonchev–Trinajstić information content (AvgIpc) is 2.75. The third kappa shape index (κ3) is 2.56. The molecule has 0 aliphatic heterocycles. The molecular formula is C13H17N5O2. The molecule has 0 atom stereocenters. The van der Waals surface area contributed by atoms with Gasteiger partial charge in [0, 0.05) is 12.2 Å². The van der Waals surface area contributed by atoms with E-state index in [1.165, 1.54) is 11.8 Å². The first-order valence-electron chi connectivity index (χ1n) is 6.19. The van der Waals surface area contributed by atoms with Gasteiger partial charge in [-0.3, -0.25) is 0 Å². The van der Waals surface area contributed by atoms with Crippen LogP contribution < -0.4 is 11.1 Å². The van der Waals surface area contributed by atoms with E-state index in [4.69, 9.17) is 10.5 Å². The Morgan fingerprint density at radius 1 is 1.45 bits per heavy atom. The van der Waals surface area contributed by atoms with E-state index in [9.17, 15) is 4.79 Å². The van der Waals surface area contributed by atoms with Crippen LogP contribution in [0, 0.1) is 0 Å². The first-order valence-corrected chi connectivity index (χ1v) is 6.19. The van der Waals surface area contributed by atoms with Gasteiger partial charge in [0.1, 0.15) is 11.4 Å². The van der Waals surface area contributed by atoms with Crippen LogP contribution in [0.3, 0.4) is 0 Å². The molecule has 2 heterocycles. The molecule has 0 spiro atoms. The summed E-state index contributed by atoms with van der Waals surface area (Å²) in [6.45, 7) is 3.88. The van der Waals surface area contributed by atoms with Gasteiger partial charge >= 0.3 is 5.97 Å². The zero-order valence-corrected chi connectivity index (χ0v) is 11.6. The molecule has 2 aromatic heterocycles. The minimum atomic E-state index is -0.534. The topological polar surface area (TPSA) is 95.1 Å². The third-order valence-electron chi connectivity index (χ3n) is 2.60. The predicted octanol–water partition coefficient (Wildman–Crippen LogP) is 1.46. The van der Waals surface area contributed by atoms with E-state index >= 15 is 0 Å². The van der Waals surface area contributed by atoms with Crippen LogP contribution in [0.1, 0.15) is 24.2 Å². The van der Waals surface area contributed by atoms with Gasteiger partial charge in [0.05, 0.1) is 7.11 Å². The summed E-state index contributed by atoms with van der Waals surface area (Å²) < 4.78 is 6.17. The minimum Gasteiger partial charge on any atom is -0.465 e. The molecule has 0 unspecified atom stereocenters. The molecule has 0 aliphatic rings. The highest BCUT2D eigenvalue weighted by Crippen LogP contribution is 2.25. The standard InChI is InChI=1S/C13H17N5O2/c1-8(2)16-12-10(13(19)20-3)11(14)18(17-12)9-6-4-5-7-15-9/h4-8H,14H2,1-3H3,(H,16,17). The lowest BCUT2D eigenvalue weighted by atomic mass is 10.2. The number of ether oxygens (including phenoxy) is 1. The second-order valence-corrected chi connectivity index (χ2v) is 4.50. The maximum Gasteiger partial charge on any atom is 0.345 e. The number of carbonyl (C=O) groups is 1. The molecule has 7 nitrogen and oxygen atoms in total. The van der Waals surface area contributed by atoms with Crippen molar-refractivity contribution in [3.8, 4) is 5.82 Å². The predicted molar refractivity (Wildman–Crippen MR) is 75.9 cm³/mol. The summed E-state index contributed by atoms with van der Waals surface area (Å²) in [4.78, 5) is 16.0. The number of anilines is 2. The summed E-state index contributed by atoms with van der Waals surface area (Å²) in [6.07, 6.45) is 1.63. The van der Waals surface area contributed by atoms with Crippen LogP contribution in [0.15, 0.2) is 24.4 Å². The van der Waals surface area contributed by atoms with Gasteiger partial charge in [-0.15, -0.1) is 5.10 Å². The Bertz CT molecular complexity index is 607. The molecule has 0 saturated heterocycles. The monoisotopic (exact) mass is 275 g/mol. The number of nitrogens with zero attached hydrogens (tertiary/aromatic N) is 3. The number of rotatable bonds is 4. The number of hydrogen-bond donors (Lipinski definition) is 2. The molecule has 20 heavy (non-hydrogen) atoms. The molecule has 0 saturated carbocycles. The summed E-state index contributed by atoms with van der Waals surface area (Å²) in [5.74, 6) is 0.577. The van der Waals surface area contributed by atoms with Crippen molar-refractivity contribution in [2.75, 3.05) is 18.2 Å². The van der Waals surface area contributed by atoms with Crippen molar-refractivity contribution in [1.29, 1.82) is 0 Å². The highest BCUT2D eigenvalue weighted by Gasteiger charge is 2.24. The molecule has 2 aromatic rings. The fourth-order valence-electron chi connectivity index (χ4n) is 1.76. The molecule has 2 rings (SSSR count). The van der Waals surface area contributed by atoms with Crippen LogP contribution in [-0.4, -0.2) is 33.9 Å². The van der Waals surface area contributed by atoms with Crippen molar-refractivity contribution >= 4 is 17.6 Å². The fourth-order valence-corrected chi connectivity index (χ4v) is 1.76. The number of nitrogen functional groups attached to an aromatic ring is 1. The third-order valence-corrected chi connectivity index (χ3v) is 2.60. The van der Waals surface area contributed by atoms with E-state index in [2.05, 4.69) is 15.4 Å². The Kier molecular flexibility index (Phi) is 3.88. The second kappa shape index (κ2) is 5.60. The van der Waals surface area contributed by atoms with Gasteiger partial charge < -0.3 is 15.8 Å². The highest BCUT2D eigenvalue weighted by atomic mass is 16.5. The number of carbonyl (C=O) groups excluding carboxylic acids is 1. The zero-order chi connectivity index (χ0) is 14.7. The van der Waals surface area contributed by atoms with Crippen LogP contribution in [0.25, 0.3) is 5.82 Å². The quantitative estimate of drug-likeness (QED) is 0.820. The lowest BCUT2D eigenvalue weighted by Gasteiger charge is -2.07. The Labute approximate surface area is 116 Å². The number of hydrogen-bond acceptors (Lipinski definition) is 6. The van der Waals surface area contributed by atoms with Gasteiger partial charge in [-0.1, -0.05) is 6.07 Å². The van der Waals surface area contributed by atoms with Crippen molar-refractivity contribution in [2.45, 2.75) is 19.9 Å². The number of nitrogens with one attached hydrogen (secondary N) is 1. The van der Waals surface area contributed by atoms with Gasteiger partial charge in [-0.05, 0) is 26.0 Å². The Balaban J connectivity index is 2.55. The van der Waals surface area contributed by atoms with E-state index in [0.29, 0.717) is 11.6 Å². The van der Waals surface area contributed by atoms with Crippen LogP contribution in [-0.2, 0) is 4.74 Å². The lowest BCUT2D eigenvalue weighted by molar-refractivity contribution is 0.0603. The van der Waals surface area contributed by atoms with Crippen LogP contribution in [0.4, 0.5) is 11.6 Å². The van der Waals surface area contributed by atoms with Gasteiger partial charge in [-0.25, -0.2) is 9.78 Å². The number of nitrogens with two attached hydrogens (primary N) is 1. The van der Waals surface area contributed by atoms with E-state index in [1.54, 1.807) is 18.3 Å². The Hall–Kier alpha value is -2.57. The van der Waals surface area contributed by atoms with Gasteiger partial charge in [0.2, 0.25) is 0 Å². The smallest absolute Gasteiger partial charge is 0.345 e. The molecule has 3 N–H and O–H groups in total. The van der Waals surface area contributed by atoms with E-state index in [1.807, 2.05) is 19.9 Å². The summed E-state index contributed by atoms with van der Waals surface area (Å²) in [5.41, 5.74) is 6.22. The Morgan fingerprint density at radius 3 is 2.75 bits per heavy atom. The Morgan fingerprint density at radius 2 is 2.20 bits per heavy atom. The van der Waals surface area contributed by atoms with Crippen molar-refractivity contribution in [3.05, 3.63) is 30.0 Å². The van der Waals surface area contributed by atoms with Crippen LogP contribution in [0.2, 0.25) is 0 Å². The van der Waals surface area contributed by atoms with Crippen molar-refractivity contribution in [1.82, 2.24) is 14.8 Å². The van der Waals surface area contributed by atoms with Gasteiger partial charge in [0.15, 0.2) is 11.6 Å². The van der Waals surface area contributed by atoms with E-state index < -0.39 is 5.97 Å². The van der Waals surface area contributed by atoms with Gasteiger partial charge in [0.25, 0.3) is 0 Å². The average molecular weight is 275 g/mol. The lowest BCUT2D eigenvalue weighted by Crippen LogP contribution is -2.14. The molecular weight excluding hydrogens is 258 g/mol. The summed E-state index contributed by atoms with van der Waals surface area (Å²) in [5, 5.41) is 7.39. The summed E-state index contributed by atoms with van der Waals surface area (Å²) in [6, 6.07) is 5.46. The molecule has 0 aromatic carbocycles. The minimum absolute atomic E-state index is 0.102. The first kappa shape index (κ1) is 13.9. The van der Waals surface area contributed by atoms with Crippen molar-refractivity contribution in [2.24, 2.45) is 0 Å². The molecule has 0 bridgehead atoms. The number of pyridine rings is 1. The van der Waals surface area contributed by atoms with Gasteiger partial charge in [-0.2, -0.15) is 4.68 Å². The molecule has 0 fully saturated rings. The molecule has 7 heteroatoms. The first-order chi connectivity index (χ1) is 9.54. The maximum absolute atomic E-state index is 11.9. The fraction of sp³-hybridized carbons (Fsp3) is 0.308. The second-order valence-electron chi connectivity index (χ2n) is 4.50. The summed E-state index contributed by atoms with van der Waals surface area (Å²) >= 11 is 0. The van der Waals surface area contributed by atoms with E-state index in [0.717, 1.165) is 0 Å². The van der Waals surface area contributed by atoms with Crippen molar-refractivity contribution < 1.29 is 9.53 Å². The maximum atomic E-state index is 11.9. The van der Waals surface area contributed by atoms with Crippen LogP contribution >= 0.6 is 0 Å². The number of aromatic nitrogens is 3. The molecule has 106 valence electrons. The molecule has 0 radical (unpaired) electrons. The zero-order valence-electron chi connectivity index (χ0n) is 11.6. The highest BCUT2D eigenvalue weighted by molar-refractivity contribution is 5.99. The number of methoxy groups -OCH3 is 1.